The number of hydrogen-bond donors (Lipinski definition) is 2. The molecule has 1 aliphatic heterocycles. The van der Waals surface area contributed by atoms with Crippen LogP contribution in [0.5, 0.6) is 0 Å². The van der Waals surface area contributed by atoms with E-state index in [0.29, 0.717) is 12.3 Å². The van der Waals surface area contributed by atoms with Crippen molar-refractivity contribution >= 4 is 5.91 Å². The zero-order valence-electron chi connectivity index (χ0n) is 9.88. The maximum Gasteiger partial charge on any atom is 0.240 e. The van der Waals surface area contributed by atoms with Crippen LogP contribution >= 0.6 is 0 Å². The van der Waals surface area contributed by atoms with Crippen LogP contribution in [0, 0.1) is 5.92 Å². The third-order valence-corrected chi connectivity index (χ3v) is 3.28. The van der Waals surface area contributed by atoms with E-state index in [0.717, 1.165) is 19.6 Å². The summed E-state index contributed by atoms with van der Waals surface area (Å²) in [5.74, 6) is 0.367. The fourth-order valence-corrected chi connectivity index (χ4v) is 1.60. The highest BCUT2D eigenvalue weighted by Gasteiger charge is 2.30. The van der Waals surface area contributed by atoms with Gasteiger partial charge in [-0.25, -0.2) is 0 Å². The monoisotopic (exact) mass is 214 g/mol. The van der Waals surface area contributed by atoms with Crippen molar-refractivity contribution in [3.8, 4) is 0 Å². The Bertz CT molecular complexity index is 223. The Morgan fingerprint density at radius 3 is 2.87 bits per heavy atom. The first-order valence-corrected chi connectivity index (χ1v) is 5.65. The largest absolute Gasteiger partial charge is 0.381 e. The highest BCUT2D eigenvalue weighted by molar-refractivity contribution is 5.85. The lowest BCUT2D eigenvalue weighted by Crippen LogP contribution is -2.54. The first-order chi connectivity index (χ1) is 6.97. The minimum Gasteiger partial charge on any atom is -0.381 e. The molecule has 88 valence electrons. The van der Waals surface area contributed by atoms with E-state index in [2.05, 4.69) is 5.32 Å². The fraction of sp³-hybridized carbons (Fsp3) is 0.909. The first-order valence-electron chi connectivity index (χ1n) is 5.65. The molecular weight excluding hydrogens is 192 g/mol. The van der Waals surface area contributed by atoms with Gasteiger partial charge in [0.15, 0.2) is 0 Å². The SMILES string of the molecule is CCC(C)(N)C(=O)NC(C)C1CCOC1. The Labute approximate surface area is 91.5 Å². The lowest BCUT2D eigenvalue weighted by molar-refractivity contribution is -0.126. The molecule has 0 aromatic heterocycles. The summed E-state index contributed by atoms with van der Waals surface area (Å²) < 4.78 is 5.29. The summed E-state index contributed by atoms with van der Waals surface area (Å²) in [4.78, 5) is 11.8. The Balaban J connectivity index is 2.43. The highest BCUT2D eigenvalue weighted by atomic mass is 16.5. The van der Waals surface area contributed by atoms with E-state index in [1.54, 1.807) is 6.92 Å². The van der Waals surface area contributed by atoms with Crippen LogP contribution in [-0.2, 0) is 9.53 Å². The molecule has 15 heavy (non-hydrogen) atoms. The van der Waals surface area contributed by atoms with E-state index < -0.39 is 5.54 Å². The van der Waals surface area contributed by atoms with E-state index in [4.69, 9.17) is 10.5 Å². The lowest BCUT2D eigenvalue weighted by atomic mass is 9.96. The molecule has 3 unspecified atom stereocenters. The molecule has 1 saturated heterocycles. The van der Waals surface area contributed by atoms with Crippen LogP contribution in [0.3, 0.4) is 0 Å². The lowest BCUT2D eigenvalue weighted by Gasteiger charge is -2.26. The predicted molar refractivity (Wildman–Crippen MR) is 59.4 cm³/mol. The zero-order valence-corrected chi connectivity index (χ0v) is 9.88. The molecule has 1 aliphatic rings. The molecule has 1 fully saturated rings. The molecule has 1 heterocycles. The third kappa shape index (κ3) is 3.18. The molecule has 4 nitrogen and oxygen atoms in total. The highest BCUT2D eigenvalue weighted by Crippen LogP contribution is 2.17. The van der Waals surface area contributed by atoms with Crippen molar-refractivity contribution in [1.82, 2.24) is 5.32 Å². The van der Waals surface area contributed by atoms with Gasteiger partial charge >= 0.3 is 0 Å². The molecule has 0 aromatic carbocycles. The summed E-state index contributed by atoms with van der Waals surface area (Å²) in [6, 6.07) is 0.148. The molecule has 0 aliphatic carbocycles. The molecule has 3 atom stereocenters. The normalized spacial score (nSPS) is 27.1. The summed E-state index contributed by atoms with van der Waals surface area (Å²) in [6.45, 7) is 7.25. The summed E-state index contributed by atoms with van der Waals surface area (Å²) in [5.41, 5.74) is 5.11. The minimum atomic E-state index is -0.756. The molecule has 0 aromatic rings. The summed E-state index contributed by atoms with van der Waals surface area (Å²) in [5, 5.41) is 2.97. The molecule has 0 saturated carbocycles. The number of nitrogens with one attached hydrogen (secondary N) is 1. The molecular formula is C11H22N2O2. The summed E-state index contributed by atoms with van der Waals surface area (Å²) in [6.07, 6.45) is 1.67. The maximum atomic E-state index is 11.8. The van der Waals surface area contributed by atoms with Gasteiger partial charge < -0.3 is 15.8 Å². The Kier molecular flexibility index (Phi) is 4.11. The van der Waals surface area contributed by atoms with Gasteiger partial charge in [0.2, 0.25) is 5.91 Å². The van der Waals surface area contributed by atoms with E-state index in [1.165, 1.54) is 0 Å². The van der Waals surface area contributed by atoms with Crippen molar-refractivity contribution in [2.45, 2.75) is 45.2 Å². The van der Waals surface area contributed by atoms with Gasteiger partial charge in [0, 0.05) is 18.6 Å². The van der Waals surface area contributed by atoms with Gasteiger partial charge in [-0.15, -0.1) is 0 Å². The third-order valence-electron chi connectivity index (χ3n) is 3.28. The number of rotatable bonds is 4. The molecule has 0 spiro atoms. The smallest absolute Gasteiger partial charge is 0.240 e. The number of ether oxygens (including phenoxy) is 1. The van der Waals surface area contributed by atoms with Gasteiger partial charge in [-0.1, -0.05) is 6.92 Å². The minimum absolute atomic E-state index is 0.0654. The molecule has 3 N–H and O–H groups in total. The van der Waals surface area contributed by atoms with Crippen LogP contribution in [0.15, 0.2) is 0 Å². The molecule has 0 bridgehead atoms. The number of nitrogens with two attached hydrogens (primary N) is 1. The second-order valence-corrected chi connectivity index (χ2v) is 4.66. The van der Waals surface area contributed by atoms with Gasteiger partial charge in [0.1, 0.15) is 0 Å². The maximum absolute atomic E-state index is 11.8. The van der Waals surface area contributed by atoms with E-state index in [9.17, 15) is 4.79 Å². The van der Waals surface area contributed by atoms with E-state index >= 15 is 0 Å². The van der Waals surface area contributed by atoms with Crippen LogP contribution in [-0.4, -0.2) is 30.7 Å². The molecule has 1 amide bonds. The van der Waals surface area contributed by atoms with Gasteiger partial charge in [0.25, 0.3) is 0 Å². The number of hydrogen-bond acceptors (Lipinski definition) is 3. The van der Waals surface area contributed by atoms with Crippen LogP contribution < -0.4 is 11.1 Å². The van der Waals surface area contributed by atoms with Crippen molar-refractivity contribution in [3.63, 3.8) is 0 Å². The van der Waals surface area contributed by atoms with Gasteiger partial charge in [-0.3, -0.25) is 4.79 Å². The topological polar surface area (TPSA) is 64.4 Å². The number of carbonyl (C=O) groups excluding carboxylic acids is 1. The fourth-order valence-electron chi connectivity index (χ4n) is 1.60. The van der Waals surface area contributed by atoms with E-state index in [1.807, 2.05) is 13.8 Å². The average Bonchev–Trinajstić information content (AvgIpc) is 2.70. The average molecular weight is 214 g/mol. The standard InChI is InChI=1S/C11H22N2O2/c1-4-11(3,12)10(14)13-8(2)9-5-6-15-7-9/h8-9H,4-7,12H2,1-3H3,(H,13,14). The second kappa shape index (κ2) is 4.94. The summed E-state index contributed by atoms with van der Waals surface area (Å²) >= 11 is 0. The predicted octanol–water partition coefficient (Wildman–Crippen LogP) is 0.655. The molecule has 0 radical (unpaired) electrons. The Morgan fingerprint density at radius 1 is 1.73 bits per heavy atom. The first kappa shape index (κ1) is 12.5. The van der Waals surface area contributed by atoms with Gasteiger partial charge in [0.05, 0.1) is 12.1 Å². The van der Waals surface area contributed by atoms with Crippen molar-refractivity contribution in [2.24, 2.45) is 11.7 Å². The van der Waals surface area contributed by atoms with Crippen molar-refractivity contribution in [1.29, 1.82) is 0 Å². The van der Waals surface area contributed by atoms with Crippen LogP contribution in [0.1, 0.15) is 33.6 Å². The number of amides is 1. The van der Waals surface area contributed by atoms with Crippen molar-refractivity contribution in [3.05, 3.63) is 0 Å². The second-order valence-electron chi connectivity index (χ2n) is 4.66. The van der Waals surface area contributed by atoms with Crippen LogP contribution in [0.2, 0.25) is 0 Å². The van der Waals surface area contributed by atoms with Crippen molar-refractivity contribution in [2.75, 3.05) is 13.2 Å². The van der Waals surface area contributed by atoms with Gasteiger partial charge in [-0.05, 0) is 26.7 Å². The van der Waals surface area contributed by atoms with Crippen molar-refractivity contribution < 1.29 is 9.53 Å². The number of carbonyl (C=O) groups is 1. The van der Waals surface area contributed by atoms with Crippen LogP contribution in [0.4, 0.5) is 0 Å². The molecule has 4 heteroatoms. The Hall–Kier alpha value is -0.610. The van der Waals surface area contributed by atoms with Gasteiger partial charge in [-0.2, -0.15) is 0 Å². The summed E-state index contributed by atoms with van der Waals surface area (Å²) in [7, 11) is 0. The van der Waals surface area contributed by atoms with E-state index in [-0.39, 0.29) is 11.9 Å². The van der Waals surface area contributed by atoms with Crippen LogP contribution in [0.25, 0.3) is 0 Å². The Morgan fingerprint density at radius 2 is 2.40 bits per heavy atom. The molecule has 1 rings (SSSR count). The zero-order chi connectivity index (χ0) is 11.5. The quantitative estimate of drug-likeness (QED) is 0.722.